The van der Waals surface area contributed by atoms with Crippen molar-refractivity contribution in [1.29, 1.82) is 0 Å². The van der Waals surface area contributed by atoms with Crippen LogP contribution in [0, 0.1) is 0 Å². The van der Waals surface area contributed by atoms with Crippen molar-refractivity contribution in [2.45, 2.75) is 25.3 Å². The van der Waals surface area contributed by atoms with Gasteiger partial charge in [0.15, 0.2) is 0 Å². The Morgan fingerprint density at radius 3 is 2.07 bits per heavy atom. The minimum atomic E-state index is -2.69. The lowest BCUT2D eigenvalue weighted by Gasteiger charge is -2.22. The van der Waals surface area contributed by atoms with E-state index in [9.17, 15) is 0 Å². The highest BCUT2D eigenvalue weighted by Crippen LogP contribution is 2.39. The highest BCUT2D eigenvalue weighted by atomic mass is 35.8. The minimum Gasteiger partial charge on any atom is -0.125 e. The van der Waals surface area contributed by atoms with Gasteiger partial charge in [0.1, 0.15) is 0 Å². The molecule has 0 aliphatic heterocycles. The molecule has 0 nitrogen and oxygen atoms in total. The number of rotatable bonds is 4. The van der Waals surface area contributed by atoms with Crippen LogP contribution in [0.3, 0.4) is 0 Å². The van der Waals surface area contributed by atoms with Gasteiger partial charge in [-0.3, -0.25) is 0 Å². The van der Waals surface area contributed by atoms with Crippen LogP contribution in [-0.4, -0.2) is 6.00 Å². The van der Waals surface area contributed by atoms with E-state index < -0.39 is 6.00 Å². The van der Waals surface area contributed by atoms with E-state index >= 15 is 0 Å². The van der Waals surface area contributed by atoms with Gasteiger partial charge in [-0.15, -0.1) is 33.2 Å². The lowest BCUT2D eigenvalue weighted by atomic mass is 10.1. The number of hydrogen-bond donors (Lipinski definition) is 0. The highest BCUT2D eigenvalue weighted by molar-refractivity contribution is 7.65. The quantitative estimate of drug-likeness (QED) is 0.514. The number of halogens is 4. The fourth-order valence-electron chi connectivity index (χ4n) is 1.50. The zero-order valence-corrected chi connectivity index (χ0v) is 12.3. The van der Waals surface area contributed by atoms with Crippen LogP contribution in [0.4, 0.5) is 0 Å². The summed E-state index contributed by atoms with van der Waals surface area (Å²) in [6.07, 6.45) is 1.92. The van der Waals surface area contributed by atoms with Crippen molar-refractivity contribution in [3.05, 3.63) is 34.9 Å². The average molecular weight is 302 g/mol. The third kappa shape index (κ3) is 4.16. The van der Waals surface area contributed by atoms with E-state index in [0.717, 1.165) is 18.4 Å². The van der Waals surface area contributed by atoms with Gasteiger partial charge in [0.05, 0.1) is 0 Å². The molecule has 0 heterocycles. The lowest BCUT2D eigenvalue weighted by Crippen LogP contribution is -2.23. The standard InChI is InChI=1S/C10H12Cl4Si/c1-2-3-10(15(12,13)14)8-4-6-9(11)7-5-8/h4-7,10H,2-3H2,1H3. The van der Waals surface area contributed by atoms with E-state index in [0.29, 0.717) is 5.02 Å². The molecule has 0 amide bonds. The molecule has 5 heteroatoms. The Hall–Kier alpha value is 0.597. The molecule has 1 rings (SSSR count). The van der Waals surface area contributed by atoms with Crippen molar-refractivity contribution in [2.75, 3.05) is 0 Å². The number of hydrogen-bond acceptors (Lipinski definition) is 0. The molecular formula is C10H12Cl4Si. The molecule has 0 N–H and O–H groups in total. The molecule has 1 atom stereocenters. The Bertz CT molecular complexity index is 304. The van der Waals surface area contributed by atoms with Gasteiger partial charge in [0, 0.05) is 10.6 Å². The summed E-state index contributed by atoms with van der Waals surface area (Å²) >= 11 is 24.1. The summed E-state index contributed by atoms with van der Waals surface area (Å²) in [7, 11) is 0. The van der Waals surface area contributed by atoms with Gasteiger partial charge in [-0.1, -0.05) is 37.1 Å². The summed E-state index contributed by atoms with van der Waals surface area (Å²) in [5.41, 5.74) is 1.14. The van der Waals surface area contributed by atoms with Crippen LogP contribution in [0.15, 0.2) is 24.3 Å². The first-order valence-corrected chi connectivity index (χ1v) is 10.3. The van der Waals surface area contributed by atoms with Crippen LogP contribution < -0.4 is 0 Å². The van der Waals surface area contributed by atoms with Gasteiger partial charge in [-0.2, -0.15) is 0 Å². The van der Waals surface area contributed by atoms with E-state index in [-0.39, 0.29) is 5.54 Å². The van der Waals surface area contributed by atoms with Gasteiger partial charge in [0.2, 0.25) is 0 Å². The van der Waals surface area contributed by atoms with Crippen molar-refractivity contribution in [3.8, 4) is 0 Å². The molecule has 1 aromatic rings. The Balaban J connectivity index is 2.94. The van der Waals surface area contributed by atoms with Gasteiger partial charge >= 0.3 is 6.00 Å². The van der Waals surface area contributed by atoms with Crippen LogP contribution in [0.5, 0.6) is 0 Å². The number of benzene rings is 1. The van der Waals surface area contributed by atoms with Crippen molar-refractivity contribution < 1.29 is 0 Å². The summed E-state index contributed by atoms with van der Waals surface area (Å²) in [5, 5.41) is 0.708. The topological polar surface area (TPSA) is 0 Å². The first kappa shape index (κ1) is 13.7. The maximum absolute atomic E-state index is 6.09. The largest absolute Gasteiger partial charge is 0.348 e. The van der Waals surface area contributed by atoms with Crippen molar-refractivity contribution in [2.24, 2.45) is 0 Å². The fourth-order valence-corrected chi connectivity index (χ4v) is 4.93. The maximum atomic E-state index is 6.09. The second-order valence-electron chi connectivity index (χ2n) is 3.43. The minimum absolute atomic E-state index is 0.0600. The molecule has 84 valence electrons. The molecule has 0 aliphatic rings. The normalized spacial score (nSPS) is 13.9. The molecule has 0 spiro atoms. The molecule has 1 unspecified atom stereocenters. The molecule has 0 saturated carbocycles. The van der Waals surface area contributed by atoms with Gasteiger partial charge in [-0.25, -0.2) is 0 Å². The zero-order valence-electron chi connectivity index (χ0n) is 8.31. The van der Waals surface area contributed by atoms with E-state index in [1.54, 1.807) is 0 Å². The monoisotopic (exact) mass is 300 g/mol. The summed E-state index contributed by atoms with van der Waals surface area (Å²) in [5.74, 6) is 0. The van der Waals surface area contributed by atoms with E-state index in [1.807, 2.05) is 24.3 Å². The molecule has 1 aromatic carbocycles. The molecule has 0 saturated heterocycles. The Kier molecular flexibility index (Phi) is 5.27. The molecular weight excluding hydrogens is 290 g/mol. The van der Waals surface area contributed by atoms with Gasteiger partial charge in [-0.05, 0) is 24.1 Å². The molecule has 0 aromatic heterocycles. The predicted molar refractivity (Wildman–Crippen MR) is 72.4 cm³/mol. The smallest absolute Gasteiger partial charge is 0.125 e. The van der Waals surface area contributed by atoms with E-state index in [4.69, 9.17) is 44.8 Å². The van der Waals surface area contributed by atoms with Crippen molar-refractivity contribution in [3.63, 3.8) is 0 Å². The van der Waals surface area contributed by atoms with Crippen LogP contribution in [0.25, 0.3) is 0 Å². The second kappa shape index (κ2) is 5.79. The van der Waals surface area contributed by atoms with Crippen LogP contribution >= 0.6 is 44.8 Å². The molecule has 0 aliphatic carbocycles. The summed E-state index contributed by atoms with van der Waals surface area (Å²) < 4.78 is 0. The van der Waals surface area contributed by atoms with Crippen LogP contribution in [0.1, 0.15) is 30.9 Å². The van der Waals surface area contributed by atoms with Crippen molar-refractivity contribution >= 4 is 50.8 Å². The maximum Gasteiger partial charge on any atom is 0.348 e. The molecule has 0 radical (unpaired) electrons. The summed E-state index contributed by atoms with van der Waals surface area (Å²) in [4.78, 5) is 0. The lowest BCUT2D eigenvalue weighted by molar-refractivity contribution is 0.762. The first-order valence-electron chi connectivity index (χ1n) is 4.77. The molecule has 15 heavy (non-hydrogen) atoms. The zero-order chi connectivity index (χ0) is 11.5. The van der Waals surface area contributed by atoms with Crippen LogP contribution in [-0.2, 0) is 0 Å². The Morgan fingerprint density at radius 1 is 1.13 bits per heavy atom. The van der Waals surface area contributed by atoms with Crippen molar-refractivity contribution in [1.82, 2.24) is 0 Å². The van der Waals surface area contributed by atoms with E-state index in [1.165, 1.54) is 0 Å². The SMILES string of the molecule is CCCC(c1ccc(Cl)cc1)[Si](Cl)(Cl)Cl. The molecule has 0 bridgehead atoms. The summed E-state index contributed by atoms with van der Waals surface area (Å²) in [6.45, 7) is 2.09. The first-order chi connectivity index (χ1) is 6.95. The highest BCUT2D eigenvalue weighted by Gasteiger charge is 2.37. The van der Waals surface area contributed by atoms with Gasteiger partial charge < -0.3 is 0 Å². The van der Waals surface area contributed by atoms with Crippen LogP contribution in [0.2, 0.25) is 5.02 Å². The van der Waals surface area contributed by atoms with Gasteiger partial charge in [0.25, 0.3) is 0 Å². The Labute approximate surface area is 111 Å². The summed E-state index contributed by atoms with van der Waals surface area (Å²) in [6, 6.07) is 4.87. The van der Waals surface area contributed by atoms with E-state index in [2.05, 4.69) is 6.92 Å². The Morgan fingerprint density at radius 2 is 1.67 bits per heavy atom. The molecule has 0 fully saturated rings. The second-order valence-corrected chi connectivity index (χ2v) is 12.8. The third-order valence-electron chi connectivity index (χ3n) is 2.24. The third-order valence-corrected chi connectivity index (χ3v) is 6.28. The average Bonchev–Trinajstić information content (AvgIpc) is 2.14. The fraction of sp³-hybridized carbons (Fsp3) is 0.400. The predicted octanol–water partition coefficient (Wildman–Crippen LogP) is 5.42.